The van der Waals surface area contributed by atoms with E-state index in [9.17, 15) is 4.39 Å². The van der Waals surface area contributed by atoms with Crippen LogP contribution in [0, 0.1) is 5.92 Å². The normalized spacial score (nSPS) is 24.9. The lowest BCUT2D eigenvalue weighted by Gasteiger charge is -2.27. The molecule has 0 aromatic carbocycles. The molecule has 0 spiro atoms. The van der Waals surface area contributed by atoms with E-state index in [0.717, 1.165) is 38.5 Å². The molecule has 2 fully saturated rings. The molecule has 0 radical (unpaired) electrons. The summed E-state index contributed by atoms with van der Waals surface area (Å²) in [5.74, 6) is 0.740. The molecule has 0 aromatic rings. The Bertz CT molecular complexity index is 193. The minimum Gasteiger partial charge on any atom is -0.381 e. The van der Waals surface area contributed by atoms with Crippen molar-refractivity contribution in [1.82, 2.24) is 0 Å². The van der Waals surface area contributed by atoms with Crippen molar-refractivity contribution >= 4 is 0 Å². The summed E-state index contributed by atoms with van der Waals surface area (Å²) < 4.78 is 23.2. The molecule has 17 heavy (non-hydrogen) atoms. The molecule has 102 valence electrons. The van der Waals surface area contributed by atoms with E-state index in [2.05, 4.69) is 0 Å². The first-order valence-electron chi connectivity index (χ1n) is 6.45. The highest BCUT2D eigenvalue weighted by molar-refractivity contribution is 4.82. The van der Waals surface area contributed by atoms with Gasteiger partial charge in [0.25, 0.3) is 0 Å². The SMILES string of the molecule is NCC1(F)CCOCC1.NCC1CCOCC1. The van der Waals surface area contributed by atoms with Gasteiger partial charge in [-0.05, 0) is 25.3 Å². The van der Waals surface area contributed by atoms with Gasteiger partial charge in [0.2, 0.25) is 0 Å². The summed E-state index contributed by atoms with van der Waals surface area (Å²) in [7, 11) is 0. The van der Waals surface area contributed by atoms with E-state index in [1.165, 1.54) is 0 Å². The molecular formula is C12H25FN2O2. The molecular weight excluding hydrogens is 223 g/mol. The second kappa shape index (κ2) is 7.97. The summed E-state index contributed by atoms with van der Waals surface area (Å²) in [6.45, 7) is 3.85. The smallest absolute Gasteiger partial charge is 0.127 e. The minimum absolute atomic E-state index is 0.135. The van der Waals surface area contributed by atoms with Crippen LogP contribution in [0.1, 0.15) is 25.7 Å². The van der Waals surface area contributed by atoms with Crippen molar-refractivity contribution in [2.24, 2.45) is 17.4 Å². The molecule has 0 unspecified atom stereocenters. The van der Waals surface area contributed by atoms with Crippen LogP contribution < -0.4 is 11.5 Å². The van der Waals surface area contributed by atoms with Crippen molar-refractivity contribution in [2.45, 2.75) is 31.4 Å². The van der Waals surface area contributed by atoms with Crippen LogP contribution in [-0.4, -0.2) is 45.2 Å². The van der Waals surface area contributed by atoms with Gasteiger partial charge in [-0.25, -0.2) is 4.39 Å². The molecule has 2 heterocycles. The summed E-state index contributed by atoms with van der Waals surface area (Å²) in [5, 5.41) is 0. The fraction of sp³-hybridized carbons (Fsp3) is 1.00. The van der Waals surface area contributed by atoms with Gasteiger partial charge in [-0.1, -0.05) is 0 Å². The lowest BCUT2D eigenvalue weighted by atomic mass is 9.97. The molecule has 0 amide bonds. The Morgan fingerprint density at radius 1 is 1.00 bits per heavy atom. The molecule has 0 saturated carbocycles. The Morgan fingerprint density at radius 2 is 1.53 bits per heavy atom. The van der Waals surface area contributed by atoms with Gasteiger partial charge in [0.1, 0.15) is 5.67 Å². The molecule has 4 nitrogen and oxygen atoms in total. The van der Waals surface area contributed by atoms with Gasteiger partial charge in [0.15, 0.2) is 0 Å². The fourth-order valence-corrected chi connectivity index (χ4v) is 1.92. The number of rotatable bonds is 2. The average Bonchev–Trinajstić information content (AvgIpc) is 2.41. The molecule has 0 bridgehead atoms. The Balaban J connectivity index is 0.000000171. The van der Waals surface area contributed by atoms with Crippen molar-refractivity contribution in [1.29, 1.82) is 0 Å². The van der Waals surface area contributed by atoms with Crippen LogP contribution in [0.3, 0.4) is 0 Å². The van der Waals surface area contributed by atoms with Crippen LogP contribution >= 0.6 is 0 Å². The Morgan fingerprint density at radius 3 is 1.88 bits per heavy atom. The number of hydrogen-bond donors (Lipinski definition) is 2. The third-order valence-corrected chi connectivity index (χ3v) is 3.43. The van der Waals surface area contributed by atoms with Gasteiger partial charge in [0, 0.05) is 45.8 Å². The van der Waals surface area contributed by atoms with E-state index in [0.29, 0.717) is 26.1 Å². The van der Waals surface area contributed by atoms with Gasteiger partial charge in [0.05, 0.1) is 0 Å². The first kappa shape index (κ1) is 14.8. The maximum atomic E-state index is 13.1. The summed E-state index contributed by atoms with van der Waals surface area (Å²) >= 11 is 0. The van der Waals surface area contributed by atoms with Gasteiger partial charge in [-0.2, -0.15) is 0 Å². The zero-order valence-electron chi connectivity index (χ0n) is 10.5. The molecule has 0 atom stereocenters. The maximum absolute atomic E-state index is 13.1. The van der Waals surface area contributed by atoms with Gasteiger partial charge < -0.3 is 20.9 Å². The quantitative estimate of drug-likeness (QED) is 0.759. The molecule has 5 heteroatoms. The van der Waals surface area contributed by atoms with Crippen molar-refractivity contribution in [3.8, 4) is 0 Å². The van der Waals surface area contributed by atoms with E-state index in [4.69, 9.17) is 20.9 Å². The van der Waals surface area contributed by atoms with Crippen LogP contribution in [0.5, 0.6) is 0 Å². The van der Waals surface area contributed by atoms with Gasteiger partial charge >= 0.3 is 0 Å². The van der Waals surface area contributed by atoms with Crippen molar-refractivity contribution in [3.63, 3.8) is 0 Å². The zero-order valence-corrected chi connectivity index (χ0v) is 10.5. The topological polar surface area (TPSA) is 70.5 Å². The van der Waals surface area contributed by atoms with E-state index in [1.807, 2.05) is 0 Å². The molecule has 0 aliphatic carbocycles. The number of ether oxygens (including phenoxy) is 2. The third-order valence-electron chi connectivity index (χ3n) is 3.43. The lowest BCUT2D eigenvalue weighted by molar-refractivity contribution is -0.00336. The van der Waals surface area contributed by atoms with E-state index >= 15 is 0 Å². The van der Waals surface area contributed by atoms with Crippen LogP contribution in [0.25, 0.3) is 0 Å². The number of hydrogen-bond acceptors (Lipinski definition) is 4. The number of alkyl halides is 1. The molecule has 2 aliphatic rings. The lowest BCUT2D eigenvalue weighted by Crippen LogP contribution is -2.38. The van der Waals surface area contributed by atoms with Crippen molar-refractivity contribution in [3.05, 3.63) is 0 Å². The average molecular weight is 248 g/mol. The molecule has 2 aliphatic heterocycles. The largest absolute Gasteiger partial charge is 0.381 e. The van der Waals surface area contributed by atoms with Crippen LogP contribution in [0.4, 0.5) is 4.39 Å². The molecule has 2 saturated heterocycles. The Labute approximate surface area is 103 Å². The van der Waals surface area contributed by atoms with Crippen LogP contribution in [0.2, 0.25) is 0 Å². The third kappa shape index (κ3) is 5.77. The van der Waals surface area contributed by atoms with Crippen molar-refractivity contribution < 1.29 is 13.9 Å². The highest BCUT2D eigenvalue weighted by atomic mass is 19.1. The highest BCUT2D eigenvalue weighted by Crippen LogP contribution is 2.23. The second-order valence-electron chi connectivity index (χ2n) is 4.76. The predicted molar refractivity (Wildman–Crippen MR) is 65.5 cm³/mol. The summed E-state index contributed by atoms with van der Waals surface area (Å²) in [6.07, 6.45) is 3.25. The van der Waals surface area contributed by atoms with E-state index in [-0.39, 0.29) is 6.54 Å². The molecule has 2 rings (SSSR count). The molecule has 4 N–H and O–H groups in total. The minimum atomic E-state index is -1.13. The van der Waals surface area contributed by atoms with Gasteiger partial charge in [-0.3, -0.25) is 0 Å². The first-order valence-corrected chi connectivity index (χ1v) is 6.45. The zero-order chi connectivity index (χ0) is 12.6. The summed E-state index contributed by atoms with van der Waals surface area (Å²) in [6, 6.07) is 0. The van der Waals surface area contributed by atoms with Crippen LogP contribution in [0.15, 0.2) is 0 Å². The summed E-state index contributed by atoms with van der Waals surface area (Å²) in [4.78, 5) is 0. The summed E-state index contributed by atoms with van der Waals surface area (Å²) in [5.41, 5.74) is 9.53. The fourth-order valence-electron chi connectivity index (χ4n) is 1.92. The van der Waals surface area contributed by atoms with Crippen molar-refractivity contribution in [2.75, 3.05) is 39.5 Å². The Kier molecular flexibility index (Phi) is 6.96. The maximum Gasteiger partial charge on any atom is 0.127 e. The second-order valence-corrected chi connectivity index (χ2v) is 4.76. The number of halogens is 1. The van der Waals surface area contributed by atoms with E-state index < -0.39 is 5.67 Å². The monoisotopic (exact) mass is 248 g/mol. The first-order chi connectivity index (χ1) is 8.20. The Hall–Kier alpha value is -0.230. The predicted octanol–water partition coefficient (Wildman–Crippen LogP) is 0.835. The standard InChI is InChI=1S/C6H12FNO.C6H13NO/c7-6(5-8)1-3-9-4-2-6;7-5-6-1-3-8-4-2-6/h1-5,8H2;6H,1-5,7H2. The van der Waals surface area contributed by atoms with Crippen LogP contribution in [-0.2, 0) is 9.47 Å². The molecule has 0 aromatic heterocycles. The van der Waals surface area contributed by atoms with Gasteiger partial charge in [-0.15, -0.1) is 0 Å². The number of nitrogens with two attached hydrogens (primary N) is 2. The van der Waals surface area contributed by atoms with E-state index in [1.54, 1.807) is 0 Å². The highest BCUT2D eigenvalue weighted by Gasteiger charge is 2.30.